The lowest BCUT2D eigenvalue weighted by atomic mass is 9.92. The summed E-state index contributed by atoms with van der Waals surface area (Å²) >= 11 is 0. The average molecular weight is 704 g/mol. The highest BCUT2D eigenvalue weighted by atomic mass is 16.5. The van der Waals surface area contributed by atoms with Crippen molar-refractivity contribution < 1.29 is 33.3 Å². The zero-order valence-corrected chi connectivity index (χ0v) is 31.0. The van der Waals surface area contributed by atoms with Crippen LogP contribution in [0.25, 0.3) is 0 Å². The summed E-state index contributed by atoms with van der Waals surface area (Å²) in [6.07, 6.45) is 3.42. The average Bonchev–Trinajstić information content (AvgIpc) is 3.05. The molecule has 5 N–H and O–H groups in total. The maximum absolute atomic E-state index is 12.4. The van der Waals surface area contributed by atoms with E-state index in [9.17, 15) is 24.2 Å². The molecule has 0 aliphatic rings. The number of nitrogens with zero attached hydrogens (tertiary/aromatic N) is 2. The van der Waals surface area contributed by atoms with Gasteiger partial charge in [-0.05, 0) is 86.2 Å². The lowest BCUT2D eigenvalue weighted by molar-refractivity contribution is -0.125. The van der Waals surface area contributed by atoms with Crippen LogP contribution in [0.4, 0.5) is 0 Å². The minimum atomic E-state index is -0.426. The van der Waals surface area contributed by atoms with E-state index < -0.39 is 11.1 Å². The van der Waals surface area contributed by atoms with Gasteiger partial charge >= 0.3 is 0 Å². The van der Waals surface area contributed by atoms with Crippen molar-refractivity contribution in [2.24, 2.45) is 16.3 Å². The van der Waals surface area contributed by atoms with Gasteiger partial charge < -0.3 is 45.5 Å². The lowest BCUT2D eigenvalue weighted by Gasteiger charge is -2.31. The molecular weight excluding hydrogens is 638 g/mol. The Morgan fingerprint density at radius 2 is 0.980 bits per heavy atom. The molecule has 2 atom stereocenters. The van der Waals surface area contributed by atoms with E-state index >= 15 is 0 Å². The number of methoxy groups -OCH3 is 1. The Morgan fingerprint density at radius 3 is 1.41 bits per heavy atom. The molecule has 0 radical (unpaired) electrons. The van der Waals surface area contributed by atoms with Gasteiger partial charge in [0.1, 0.15) is 18.7 Å². The van der Waals surface area contributed by atoms with Gasteiger partial charge in [-0.15, -0.1) is 0 Å². The molecule has 16 nitrogen and oxygen atoms in total. The van der Waals surface area contributed by atoms with E-state index in [0.717, 1.165) is 19.3 Å². The van der Waals surface area contributed by atoms with Crippen molar-refractivity contribution in [3.05, 3.63) is 9.81 Å². The molecule has 0 aromatic carbocycles. The van der Waals surface area contributed by atoms with Crippen molar-refractivity contribution in [1.29, 1.82) is 0 Å². The van der Waals surface area contributed by atoms with Crippen LogP contribution in [0.3, 0.4) is 0 Å². The summed E-state index contributed by atoms with van der Waals surface area (Å²) in [5, 5.41) is 21.6. The van der Waals surface area contributed by atoms with E-state index in [0.29, 0.717) is 78.8 Å². The van der Waals surface area contributed by atoms with Crippen LogP contribution in [-0.2, 0) is 33.3 Å². The monoisotopic (exact) mass is 703 g/mol. The Bertz CT molecular complexity index is 893. The van der Waals surface area contributed by atoms with Gasteiger partial charge in [-0.25, -0.2) is 0 Å². The van der Waals surface area contributed by atoms with Crippen LogP contribution >= 0.6 is 0 Å². The molecule has 16 heteroatoms. The van der Waals surface area contributed by atoms with Crippen LogP contribution in [0, 0.1) is 15.7 Å². The molecule has 0 aromatic rings. The Balaban J connectivity index is 4.13. The number of carbonyl (C=O) groups excluding carboxylic acids is 3. The zero-order valence-electron chi connectivity index (χ0n) is 31.0. The van der Waals surface area contributed by atoms with Crippen molar-refractivity contribution in [3.8, 4) is 0 Å². The molecule has 0 aromatic heterocycles. The van der Waals surface area contributed by atoms with Gasteiger partial charge in [-0.2, -0.15) is 9.81 Å². The van der Waals surface area contributed by atoms with E-state index in [-0.39, 0.29) is 55.2 Å². The van der Waals surface area contributed by atoms with Gasteiger partial charge in [0.05, 0.1) is 39.6 Å². The predicted octanol–water partition coefficient (Wildman–Crippen LogP) is 2.03. The molecular formula is C33H65N7O9. The summed E-state index contributed by atoms with van der Waals surface area (Å²) in [7, 11) is 1.46. The quantitative estimate of drug-likeness (QED) is 0.0494. The minimum Gasteiger partial charge on any atom is -0.377 e. The van der Waals surface area contributed by atoms with E-state index in [1.165, 1.54) is 7.11 Å². The van der Waals surface area contributed by atoms with E-state index in [1.54, 1.807) is 13.8 Å². The largest absolute Gasteiger partial charge is 0.377 e. The van der Waals surface area contributed by atoms with E-state index in [4.69, 9.17) is 18.9 Å². The molecule has 0 spiro atoms. The second-order valence-corrected chi connectivity index (χ2v) is 13.3. The molecule has 286 valence electrons. The van der Waals surface area contributed by atoms with Crippen LogP contribution in [0.15, 0.2) is 10.4 Å². The summed E-state index contributed by atoms with van der Waals surface area (Å²) in [4.78, 5) is 57.8. The molecule has 3 amide bonds. The first kappa shape index (κ1) is 46.4. The van der Waals surface area contributed by atoms with Crippen molar-refractivity contribution in [3.63, 3.8) is 0 Å². The van der Waals surface area contributed by atoms with Gasteiger partial charge in [0.15, 0.2) is 0 Å². The highest BCUT2D eigenvalue weighted by Crippen LogP contribution is 2.18. The SMILES string of the molecule is COCC(=O)NCCOCCOCCOCCNC(=O)CCCC(=O)NCCC(CCNC(C)(C)C(C)N=O)CCNC(C)(C)C(C)N=O. The first-order valence-electron chi connectivity index (χ1n) is 17.5. The van der Waals surface area contributed by atoms with Crippen molar-refractivity contribution >= 4 is 17.7 Å². The topological polar surface area (TPSA) is 207 Å². The number of hydrogen-bond donors (Lipinski definition) is 5. The Hall–Kier alpha value is -2.63. The van der Waals surface area contributed by atoms with Crippen molar-refractivity contribution in [1.82, 2.24) is 26.6 Å². The zero-order chi connectivity index (χ0) is 37.0. The summed E-state index contributed by atoms with van der Waals surface area (Å²) in [5.41, 5.74) is -0.851. The molecule has 0 heterocycles. The summed E-state index contributed by atoms with van der Waals surface area (Å²) in [5.74, 6) is -0.122. The molecule has 0 saturated heterocycles. The third-order valence-electron chi connectivity index (χ3n) is 8.51. The van der Waals surface area contributed by atoms with Crippen LogP contribution in [0.2, 0.25) is 0 Å². The first-order valence-corrected chi connectivity index (χ1v) is 17.5. The van der Waals surface area contributed by atoms with Gasteiger partial charge in [0, 0.05) is 50.7 Å². The Kier molecular flexibility index (Phi) is 26.6. The fraction of sp³-hybridized carbons (Fsp3) is 0.909. The molecule has 0 rings (SSSR count). The third kappa shape index (κ3) is 25.0. The Labute approximate surface area is 292 Å². The predicted molar refractivity (Wildman–Crippen MR) is 189 cm³/mol. The summed E-state index contributed by atoms with van der Waals surface area (Å²) in [6, 6.07) is -0.742. The number of nitrogens with one attached hydrogen (secondary N) is 5. The molecule has 2 unspecified atom stereocenters. The second-order valence-electron chi connectivity index (χ2n) is 13.3. The van der Waals surface area contributed by atoms with Gasteiger partial charge in [-0.1, -0.05) is 10.4 Å². The number of carbonyl (C=O) groups is 3. The smallest absolute Gasteiger partial charge is 0.246 e. The summed E-state index contributed by atoms with van der Waals surface area (Å²) < 4.78 is 20.9. The van der Waals surface area contributed by atoms with Crippen LogP contribution in [0.5, 0.6) is 0 Å². The number of nitroso groups, excluding NO2 is 2. The third-order valence-corrected chi connectivity index (χ3v) is 8.51. The number of amides is 3. The number of ether oxygens (including phenoxy) is 4. The maximum atomic E-state index is 12.4. The van der Waals surface area contributed by atoms with E-state index in [1.807, 2.05) is 27.7 Å². The standard InChI is InChI=1S/C33H65N7O9/c1-26(39-44)32(3,4)37-15-12-28(13-16-38-33(5,6)27(2)40-45)11-14-34-29(41)9-8-10-30(42)35-17-19-47-21-23-49-24-22-48-20-18-36-31(43)25-46-7/h26-28,37-38H,8-25H2,1-7H3,(H,34,41)(H,35,42)(H,36,43). The van der Waals surface area contributed by atoms with Crippen molar-refractivity contribution in [2.75, 3.05) is 86.1 Å². The molecule has 0 bridgehead atoms. The van der Waals surface area contributed by atoms with Gasteiger partial charge in [0.2, 0.25) is 17.7 Å². The summed E-state index contributed by atoms with van der Waals surface area (Å²) in [6.45, 7) is 16.5. The fourth-order valence-corrected chi connectivity index (χ4v) is 4.44. The van der Waals surface area contributed by atoms with Crippen LogP contribution in [-0.4, -0.2) is 127 Å². The normalized spacial score (nSPS) is 13.7. The number of hydrogen-bond acceptors (Lipinski definition) is 13. The minimum absolute atomic E-state index is 0.0274. The Morgan fingerprint density at radius 1 is 0.592 bits per heavy atom. The molecule has 0 aliphatic heterocycles. The molecule has 0 saturated carbocycles. The van der Waals surface area contributed by atoms with Crippen LogP contribution < -0.4 is 26.6 Å². The highest BCUT2D eigenvalue weighted by molar-refractivity contribution is 5.78. The molecule has 49 heavy (non-hydrogen) atoms. The second kappa shape index (κ2) is 28.1. The van der Waals surface area contributed by atoms with E-state index in [2.05, 4.69) is 36.9 Å². The maximum Gasteiger partial charge on any atom is 0.246 e. The number of rotatable bonds is 33. The van der Waals surface area contributed by atoms with Gasteiger partial charge in [-0.3, -0.25) is 14.4 Å². The van der Waals surface area contributed by atoms with Crippen molar-refractivity contribution in [2.45, 2.75) is 103 Å². The highest BCUT2D eigenvalue weighted by Gasteiger charge is 2.27. The van der Waals surface area contributed by atoms with Gasteiger partial charge in [0.25, 0.3) is 0 Å². The fourth-order valence-electron chi connectivity index (χ4n) is 4.44. The lowest BCUT2D eigenvalue weighted by Crippen LogP contribution is -2.48. The first-order chi connectivity index (χ1) is 23.3. The molecule has 0 fully saturated rings. The molecule has 0 aliphatic carbocycles. The van der Waals surface area contributed by atoms with Crippen LogP contribution in [0.1, 0.15) is 80.1 Å².